The van der Waals surface area contributed by atoms with Crippen LogP contribution in [0.25, 0.3) is 0 Å². The topological polar surface area (TPSA) is 49.4 Å². The Balaban J connectivity index is 0.00000162. The highest BCUT2D eigenvalue weighted by Crippen LogP contribution is 2.27. The van der Waals surface area contributed by atoms with Gasteiger partial charge in [0.05, 0.1) is 9.92 Å². The Morgan fingerprint density at radius 1 is 1.44 bits per heavy atom. The summed E-state index contributed by atoms with van der Waals surface area (Å²) in [6.45, 7) is 1.40. The minimum Gasteiger partial charge on any atom is -0.313 e. The molecule has 0 radical (unpaired) electrons. The summed E-state index contributed by atoms with van der Waals surface area (Å²) in [4.78, 5) is 0.253. The van der Waals surface area contributed by atoms with Gasteiger partial charge in [0.15, 0.2) is 0 Å². The van der Waals surface area contributed by atoms with Crippen LogP contribution >= 0.6 is 39.9 Å². The van der Waals surface area contributed by atoms with Crippen LogP contribution in [-0.2, 0) is 10.0 Å². The van der Waals surface area contributed by atoms with Gasteiger partial charge in [-0.1, -0.05) is 11.6 Å². The minimum atomic E-state index is -3.43. The number of nitrogens with one attached hydrogen (secondary N) is 1. The zero-order valence-electron chi connectivity index (χ0n) is 9.56. The summed E-state index contributed by atoms with van der Waals surface area (Å²) in [6.07, 6.45) is 0. The Morgan fingerprint density at radius 2 is 2.06 bits per heavy atom. The molecule has 102 valence electrons. The van der Waals surface area contributed by atoms with Gasteiger partial charge in [0, 0.05) is 30.7 Å². The first-order valence-electron chi connectivity index (χ1n) is 5.07. The molecule has 18 heavy (non-hydrogen) atoms. The van der Waals surface area contributed by atoms with Gasteiger partial charge in [-0.05, 0) is 34.1 Å². The van der Waals surface area contributed by atoms with Gasteiger partial charge in [0.25, 0.3) is 0 Å². The molecular formula is C10H13BrCl2N2O2S. The summed E-state index contributed by atoms with van der Waals surface area (Å²) in [5, 5.41) is 3.55. The second-order valence-electron chi connectivity index (χ2n) is 3.91. The number of nitrogens with zero attached hydrogens (tertiary/aromatic N) is 1. The van der Waals surface area contributed by atoms with E-state index in [2.05, 4.69) is 21.2 Å². The van der Waals surface area contributed by atoms with Crippen LogP contribution in [-0.4, -0.2) is 38.9 Å². The maximum atomic E-state index is 12.3. The standard InChI is InChI=1S/C10H12BrClN2O2S.ClH/c1-14(7-5-13-6-7)17(15,16)8-2-3-10(12)9(11)4-8;/h2-4,7,13H,5-6H2,1H3;1H. The highest BCUT2D eigenvalue weighted by Gasteiger charge is 2.31. The molecule has 0 unspecified atom stereocenters. The summed E-state index contributed by atoms with van der Waals surface area (Å²) in [7, 11) is -1.83. The van der Waals surface area contributed by atoms with Crippen LogP contribution in [0.4, 0.5) is 0 Å². The molecule has 8 heteroatoms. The predicted molar refractivity (Wildman–Crippen MR) is 78.0 cm³/mol. The molecule has 0 aromatic heterocycles. The molecule has 1 aliphatic rings. The molecule has 1 aromatic rings. The van der Waals surface area contributed by atoms with Crippen molar-refractivity contribution in [3.63, 3.8) is 0 Å². The molecule has 1 N–H and O–H groups in total. The number of likely N-dealkylation sites (N-methyl/N-ethyl adjacent to an activating group) is 1. The van der Waals surface area contributed by atoms with Crippen molar-refractivity contribution in [3.8, 4) is 0 Å². The molecule has 0 spiro atoms. The van der Waals surface area contributed by atoms with Gasteiger partial charge >= 0.3 is 0 Å². The monoisotopic (exact) mass is 374 g/mol. The summed E-state index contributed by atoms with van der Waals surface area (Å²) in [5.41, 5.74) is 0. The Morgan fingerprint density at radius 3 is 2.50 bits per heavy atom. The lowest BCUT2D eigenvalue weighted by atomic mass is 10.2. The Kier molecular flexibility index (Phi) is 5.46. The van der Waals surface area contributed by atoms with Gasteiger partial charge in [-0.15, -0.1) is 12.4 Å². The van der Waals surface area contributed by atoms with Gasteiger partial charge in [-0.25, -0.2) is 8.42 Å². The summed E-state index contributed by atoms with van der Waals surface area (Å²) in [6, 6.07) is 4.66. The van der Waals surface area contributed by atoms with Crippen molar-refractivity contribution in [2.45, 2.75) is 10.9 Å². The van der Waals surface area contributed by atoms with Gasteiger partial charge in [-0.3, -0.25) is 0 Å². The molecule has 0 amide bonds. The number of benzene rings is 1. The molecule has 0 bridgehead atoms. The number of halogens is 3. The molecule has 1 fully saturated rings. The molecule has 2 rings (SSSR count). The molecule has 0 saturated carbocycles. The summed E-state index contributed by atoms with van der Waals surface area (Å²) in [5.74, 6) is 0. The Bertz CT molecular complexity index is 535. The van der Waals surface area contributed by atoms with Crippen LogP contribution in [0.3, 0.4) is 0 Å². The second-order valence-corrected chi connectivity index (χ2v) is 7.17. The Labute approximate surface area is 126 Å². The molecule has 1 aromatic carbocycles. The van der Waals surface area contributed by atoms with E-state index in [1.54, 1.807) is 13.1 Å². The fourth-order valence-electron chi connectivity index (χ4n) is 1.53. The van der Waals surface area contributed by atoms with Crippen molar-refractivity contribution in [3.05, 3.63) is 27.7 Å². The van der Waals surface area contributed by atoms with Gasteiger partial charge < -0.3 is 5.32 Å². The van der Waals surface area contributed by atoms with Crippen molar-refractivity contribution in [2.24, 2.45) is 0 Å². The average Bonchev–Trinajstić information content (AvgIpc) is 2.19. The van der Waals surface area contributed by atoms with Crippen molar-refractivity contribution >= 4 is 50.0 Å². The van der Waals surface area contributed by atoms with Crippen LogP contribution in [0.1, 0.15) is 0 Å². The van der Waals surface area contributed by atoms with E-state index in [0.29, 0.717) is 22.6 Å². The normalized spacial score (nSPS) is 16.2. The van der Waals surface area contributed by atoms with E-state index in [0.717, 1.165) is 0 Å². The first kappa shape index (κ1) is 16.2. The smallest absolute Gasteiger partial charge is 0.243 e. The molecule has 0 aliphatic carbocycles. The zero-order chi connectivity index (χ0) is 12.6. The number of hydrogen-bond donors (Lipinski definition) is 1. The predicted octanol–water partition coefficient (Wildman–Crippen LogP) is 2.12. The van der Waals surface area contributed by atoms with Gasteiger partial charge in [0.2, 0.25) is 10.0 Å². The lowest BCUT2D eigenvalue weighted by molar-refractivity contribution is 0.274. The van der Waals surface area contributed by atoms with Crippen molar-refractivity contribution in [2.75, 3.05) is 20.1 Å². The molecule has 1 saturated heterocycles. The van der Waals surface area contributed by atoms with E-state index in [9.17, 15) is 8.42 Å². The highest BCUT2D eigenvalue weighted by molar-refractivity contribution is 9.10. The van der Waals surface area contributed by atoms with E-state index in [1.807, 2.05) is 0 Å². The lowest BCUT2D eigenvalue weighted by Crippen LogP contribution is -2.57. The second kappa shape index (κ2) is 6.07. The van der Waals surface area contributed by atoms with E-state index in [4.69, 9.17) is 11.6 Å². The average molecular weight is 376 g/mol. The van der Waals surface area contributed by atoms with Crippen molar-refractivity contribution < 1.29 is 8.42 Å². The quantitative estimate of drug-likeness (QED) is 0.880. The number of hydrogen-bond acceptors (Lipinski definition) is 3. The lowest BCUT2D eigenvalue weighted by Gasteiger charge is -2.34. The zero-order valence-corrected chi connectivity index (χ0v) is 13.5. The van der Waals surface area contributed by atoms with Crippen molar-refractivity contribution in [1.29, 1.82) is 0 Å². The maximum absolute atomic E-state index is 12.3. The fourth-order valence-corrected chi connectivity index (χ4v) is 3.56. The van der Waals surface area contributed by atoms with Crippen LogP contribution in [0, 0.1) is 0 Å². The van der Waals surface area contributed by atoms with Gasteiger partial charge in [0.1, 0.15) is 0 Å². The fraction of sp³-hybridized carbons (Fsp3) is 0.400. The Hall–Kier alpha value is 0.150. The van der Waals surface area contributed by atoms with Crippen LogP contribution in [0.2, 0.25) is 5.02 Å². The molecule has 4 nitrogen and oxygen atoms in total. The molecule has 1 heterocycles. The third-order valence-corrected chi connectivity index (χ3v) is 5.96. The van der Waals surface area contributed by atoms with E-state index >= 15 is 0 Å². The SMILES string of the molecule is CN(C1CNC1)S(=O)(=O)c1ccc(Cl)c(Br)c1.Cl. The van der Waals surface area contributed by atoms with Gasteiger partial charge in [-0.2, -0.15) is 4.31 Å². The molecule has 0 atom stereocenters. The summed E-state index contributed by atoms with van der Waals surface area (Å²) < 4.78 is 26.5. The molecule has 1 aliphatic heterocycles. The first-order valence-corrected chi connectivity index (χ1v) is 7.68. The summed E-state index contributed by atoms with van der Waals surface area (Å²) >= 11 is 9.07. The first-order chi connectivity index (χ1) is 7.93. The third-order valence-electron chi connectivity index (χ3n) is 2.84. The van der Waals surface area contributed by atoms with E-state index < -0.39 is 10.0 Å². The number of sulfonamides is 1. The van der Waals surface area contributed by atoms with Crippen LogP contribution in [0.5, 0.6) is 0 Å². The largest absolute Gasteiger partial charge is 0.313 e. The highest BCUT2D eigenvalue weighted by atomic mass is 79.9. The van der Waals surface area contributed by atoms with E-state index in [1.165, 1.54) is 16.4 Å². The molecular weight excluding hydrogens is 363 g/mol. The van der Waals surface area contributed by atoms with Crippen molar-refractivity contribution in [1.82, 2.24) is 9.62 Å². The van der Waals surface area contributed by atoms with Crippen LogP contribution < -0.4 is 5.32 Å². The minimum absolute atomic E-state index is 0. The third kappa shape index (κ3) is 3.00. The van der Waals surface area contributed by atoms with Crippen LogP contribution in [0.15, 0.2) is 27.6 Å². The maximum Gasteiger partial charge on any atom is 0.243 e. The van der Waals surface area contributed by atoms with E-state index in [-0.39, 0.29) is 23.3 Å². The number of rotatable bonds is 3.